The van der Waals surface area contributed by atoms with E-state index in [0.29, 0.717) is 6.54 Å². The summed E-state index contributed by atoms with van der Waals surface area (Å²) in [4.78, 5) is 11.4. The molecule has 4 heteroatoms. The number of aryl methyl sites for hydroxylation is 1. The number of methoxy groups -OCH3 is 1. The van der Waals surface area contributed by atoms with Gasteiger partial charge in [-0.1, -0.05) is 44.2 Å². The highest BCUT2D eigenvalue weighted by Gasteiger charge is 2.21. The van der Waals surface area contributed by atoms with Crippen LogP contribution in [0, 0.1) is 12.8 Å². The van der Waals surface area contributed by atoms with E-state index in [4.69, 9.17) is 4.74 Å². The Kier molecular flexibility index (Phi) is 5.99. The van der Waals surface area contributed by atoms with Crippen LogP contribution in [0.4, 0.5) is 0 Å². The van der Waals surface area contributed by atoms with Crippen LogP contribution < -0.4 is 10.1 Å². The number of hydrogen-bond donors (Lipinski definition) is 2. The van der Waals surface area contributed by atoms with E-state index < -0.39 is 12.0 Å². The van der Waals surface area contributed by atoms with Crippen molar-refractivity contribution in [3.05, 3.63) is 53.6 Å². The van der Waals surface area contributed by atoms with Gasteiger partial charge in [-0.25, -0.2) is 0 Å². The molecule has 0 spiro atoms. The van der Waals surface area contributed by atoms with E-state index >= 15 is 0 Å². The lowest BCUT2D eigenvalue weighted by Crippen LogP contribution is -2.40. The van der Waals surface area contributed by atoms with Gasteiger partial charge in [-0.3, -0.25) is 10.1 Å². The van der Waals surface area contributed by atoms with E-state index in [-0.39, 0.29) is 5.92 Å². The second-order valence-electron chi connectivity index (χ2n) is 6.28. The molecule has 0 fully saturated rings. The van der Waals surface area contributed by atoms with Crippen LogP contribution in [0.2, 0.25) is 0 Å². The highest BCUT2D eigenvalue weighted by molar-refractivity contribution is 5.74. The standard InChI is InChI=1S/C20H25NO3/c1-13(2)19(20(22)23)21-12-16-11-15(9-10-18(16)24-4)17-8-6-5-7-14(17)3/h5-11,13,19,21H,12H2,1-4H3,(H,22,23)/t19-/m0/s1. The fourth-order valence-electron chi connectivity index (χ4n) is 2.81. The Bertz CT molecular complexity index is 710. The van der Waals surface area contributed by atoms with E-state index in [2.05, 4.69) is 30.4 Å². The molecule has 0 heterocycles. The summed E-state index contributed by atoms with van der Waals surface area (Å²) >= 11 is 0. The van der Waals surface area contributed by atoms with Gasteiger partial charge in [-0.2, -0.15) is 0 Å². The Balaban J connectivity index is 2.30. The molecule has 0 radical (unpaired) electrons. The van der Waals surface area contributed by atoms with Gasteiger partial charge in [0.25, 0.3) is 0 Å². The third kappa shape index (κ3) is 4.15. The number of aliphatic carboxylic acids is 1. The first-order valence-electron chi connectivity index (χ1n) is 8.13. The molecule has 0 aromatic heterocycles. The quantitative estimate of drug-likeness (QED) is 0.810. The monoisotopic (exact) mass is 327 g/mol. The topological polar surface area (TPSA) is 58.6 Å². The SMILES string of the molecule is COc1ccc(-c2ccccc2C)cc1CN[C@H](C(=O)O)C(C)C. The van der Waals surface area contributed by atoms with Crippen molar-refractivity contribution in [2.24, 2.45) is 5.92 Å². The summed E-state index contributed by atoms with van der Waals surface area (Å²) in [6.07, 6.45) is 0. The molecule has 2 aromatic rings. The average molecular weight is 327 g/mol. The fraction of sp³-hybridized carbons (Fsp3) is 0.350. The van der Waals surface area contributed by atoms with Crippen LogP contribution in [0.25, 0.3) is 11.1 Å². The van der Waals surface area contributed by atoms with E-state index in [1.165, 1.54) is 11.1 Å². The number of benzene rings is 2. The second-order valence-corrected chi connectivity index (χ2v) is 6.28. The van der Waals surface area contributed by atoms with Crippen molar-refractivity contribution in [1.29, 1.82) is 0 Å². The first-order chi connectivity index (χ1) is 11.4. The predicted molar refractivity (Wildman–Crippen MR) is 96.3 cm³/mol. The van der Waals surface area contributed by atoms with Crippen LogP contribution in [0.3, 0.4) is 0 Å². The lowest BCUT2D eigenvalue weighted by atomic mass is 9.98. The Labute approximate surface area is 143 Å². The van der Waals surface area contributed by atoms with E-state index in [0.717, 1.165) is 16.9 Å². The average Bonchev–Trinajstić information content (AvgIpc) is 2.54. The van der Waals surface area contributed by atoms with Crippen LogP contribution >= 0.6 is 0 Å². The van der Waals surface area contributed by atoms with Crippen LogP contribution in [-0.2, 0) is 11.3 Å². The van der Waals surface area contributed by atoms with E-state index in [1.54, 1.807) is 7.11 Å². The Morgan fingerprint density at radius 3 is 2.50 bits per heavy atom. The lowest BCUT2D eigenvalue weighted by Gasteiger charge is -2.19. The third-order valence-corrected chi connectivity index (χ3v) is 4.18. The smallest absolute Gasteiger partial charge is 0.320 e. The van der Waals surface area contributed by atoms with Crippen LogP contribution in [0.5, 0.6) is 5.75 Å². The fourth-order valence-corrected chi connectivity index (χ4v) is 2.81. The molecule has 2 N–H and O–H groups in total. The second kappa shape index (κ2) is 7.97. The minimum Gasteiger partial charge on any atom is -0.496 e. The zero-order chi connectivity index (χ0) is 17.7. The summed E-state index contributed by atoms with van der Waals surface area (Å²) in [7, 11) is 1.63. The number of carbonyl (C=O) groups is 1. The Morgan fingerprint density at radius 2 is 1.92 bits per heavy atom. The van der Waals surface area contributed by atoms with Crippen molar-refractivity contribution < 1.29 is 14.6 Å². The van der Waals surface area contributed by atoms with E-state index in [1.807, 2.05) is 38.1 Å². The van der Waals surface area contributed by atoms with Gasteiger partial charge >= 0.3 is 5.97 Å². The summed E-state index contributed by atoms with van der Waals surface area (Å²) < 4.78 is 5.43. The molecule has 0 aliphatic heterocycles. The van der Waals surface area contributed by atoms with Gasteiger partial charge in [0.05, 0.1) is 7.11 Å². The van der Waals surface area contributed by atoms with E-state index in [9.17, 15) is 9.90 Å². The highest BCUT2D eigenvalue weighted by Crippen LogP contribution is 2.28. The maximum Gasteiger partial charge on any atom is 0.320 e. The molecule has 0 aliphatic carbocycles. The van der Waals surface area contributed by atoms with Gasteiger partial charge in [0.1, 0.15) is 11.8 Å². The zero-order valence-electron chi connectivity index (χ0n) is 14.7. The summed E-state index contributed by atoms with van der Waals surface area (Å²) in [5, 5.41) is 12.4. The predicted octanol–water partition coefficient (Wildman–Crippen LogP) is 3.87. The van der Waals surface area contributed by atoms with Crippen molar-refractivity contribution in [3.63, 3.8) is 0 Å². The number of rotatable bonds is 7. The molecule has 24 heavy (non-hydrogen) atoms. The molecule has 0 saturated carbocycles. The lowest BCUT2D eigenvalue weighted by molar-refractivity contribution is -0.140. The Morgan fingerprint density at radius 1 is 1.21 bits per heavy atom. The van der Waals surface area contributed by atoms with Crippen LogP contribution in [-0.4, -0.2) is 24.2 Å². The largest absolute Gasteiger partial charge is 0.496 e. The molecular weight excluding hydrogens is 302 g/mol. The minimum absolute atomic E-state index is 0.00745. The maximum absolute atomic E-state index is 11.4. The van der Waals surface area contributed by atoms with Gasteiger partial charge < -0.3 is 9.84 Å². The van der Waals surface area contributed by atoms with Crippen LogP contribution in [0.15, 0.2) is 42.5 Å². The van der Waals surface area contributed by atoms with Gasteiger partial charge in [0.2, 0.25) is 0 Å². The number of nitrogens with one attached hydrogen (secondary N) is 1. The molecule has 2 rings (SSSR count). The number of carboxylic acid groups (broad SMARTS) is 1. The molecule has 0 saturated heterocycles. The molecule has 0 amide bonds. The Hall–Kier alpha value is -2.33. The van der Waals surface area contributed by atoms with Gasteiger partial charge in [-0.15, -0.1) is 0 Å². The molecule has 4 nitrogen and oxygen atoms in total. The summed E-state index contributed by atoms with van der Waals surface area (Å²) in [6, 6.07) is 13.6. The molecule has 0 bridgehead atoms. The summed E-state index contributed by atoms with van der Waals surface area (Å²) in [5.41, 5.74) is 4.42. The van der Waals surface area contributed by atoms with Crippen molar-refractivity contribution in [3.8, 4) is 16.9 Å². The molecule has 0 aliphatic rings. The van der Waals surface area contributed by atoms with Gasteiger partial charge in [0, 0.05) is 12.1 Å². The maximum atomic E-state index is 11.4. The van der Waals surface area contributed by atoms with Gasteiger partial charge in [0.15, 0.2) is 0 Å². The molecule has 128 valence electrons. The van der Waals surface area contributed by atoms with Crippen molar-refractivity contribution in [1.82, 2.24) is 5.32 Å². The summed E-state index contributed by atoms with van der Waals surface area (Å²) in [5.74, 6) is -0.0696. The zero-order valence-corrected chi connectivity index (χ0v) is 14.7. The first-order valence-corrected chi connectivity index (χ1v) is 8.13. The molecule has 2 aromatic carbocycles. The summed E-state index contributed by atoms with van der Waals surface area (Å²) in [6.45, 7) is 6.31. The molecular formula is C20H25NO3. The van der Waals surface area contributed by atoms with Crippen molar-refractivity contribution in [2.75, 3.05) is 7.11 Å². The van der Waals surface area contributed by atoms with Crippen molar-refractivity contribution in [2.45, 2.75) is 33.4 Å². The number of ether oxygens (including phenoxy) is 1. The molecule has 1 atom stereocenters. The highest BCUT2D eigenvalue weighted by atomic mass is 16.5. The van der Waals surface area contributed by atoms with Gasteiger partial charge in [-0.05, 0) is 41.7 Å². The molecule has 0 unspecified atom stereocenters. The first kappa shape index (κ1) is 18.0. The number of hydrogen-bond acceptors (Lipinski definition) is 3. The normalized spacial score (nSPS) is 12.2. The van der Waals surface area contributed by atoms with Crippen LogP contribution in [0.1, 0.15) is 25.0 Å². The third-order valence-electron chi connectivity index (χ3n) is 4.18. The minimum atomic E-state index is -0.834. The van der Waals surface area contributed by atoms with Crippen molar-refractivity contribution >= 4 is 5.97 Å². The number of carboxylic acids is 1.